The lowest BCUT2D eigenvalue weighted by molar-refractivity contribution is 0.0716. The molecule has 9 heteroatoms. The highest BCUT2D eigenvalue weighted by atomic mass is 32.2. The number of nitrogens with one attached hydrogen (secondary N) is 2. The van der Waals surface area contributed by atoms with E-state index in [2.05, 4.69) is 21.1 Å². The van der Waals surface area contributed by atoms with E-state index in [1.54, 1.807) is 0 Å². The third-order valence-electron chi connectivity index (χ3n) is 5.30. The first kappa shape index (κ1) is 19.4. The molecule has 7 nitrogen and oxygen atoms in total. The van der Waals surface area contributed by atoms with Crippen LogP contribution in [-0.2, 0) is 41.3 Å². The molecule has 0 bridgehead atoms. The third-order valence-corrected chi connectivity index (χ3v) is 8.00. The summed E-state index contributed by atoms with van der Waals surface area (Å²) >= 11 is 0.870. The lowest BCUT2D eigenvalue weighted by Crippen LogP contribution is -2.36. The van der Waals surface area contributed by atoms with Gasteiger partial charge in [-0.2, -0.15) is 0 Å². The smallest absolute Gasteiger partial charge is 0.333 e. The van der Waals surface area contributed by atoms with Crippen LogP contribution in [0.15, 0.2) is 15.8 Å². The number of anilines is 1. The number of urea groups is 1. The largest absolute Gasteiger partial charge is 0.384 e. The number of thiazole rings is 1. The van der Waals surface area contributed by atoms with Crippen LogP contribution in [0.1, 0.15) is 54.6 Å². The van der Waals surface area contributed by atoms with E-state index < -0.39 is 21.7 Å². The van der Waals surface area contributed by atoms with Crippen molar-refractivity contribution < 1.29 is 18.3 Å². The summed E-state index contributed by atoms with van der Waals surface area (Å²) in [6, 6.07) is 1.46. The monoisotopic (exact) mass is 421 g/mol. The number of aromatic nitrogens is 1. The van der Waals surface area contributed by atoms with Gasteiger partial charge < -0.3 is 10.4 Å². The summed E-state index contributed by atoms with van der Waals surface area (Å²) in [7, 11) is -4.14. The van der Waals surface area contributed by atoms with Crippen LogP contribution in [0.3, 0.4) is 0 Å². The summed E-state index contributed by atoms with van der Waals surface area (Å²) in [5.41, 5.74) is 5.49. The van der Waals surface area contributed by atoms with Gasteiger partial charge in [0.1, 0.15) is 11.3 Å². The number of fused-ring (bicyclic) bond motifs is 2. The van der Waals surface area contributed by atoms with Crippen LogP contribution in [0.5, 0.6) is 0 Å². The lowest BCUT2D eigenvalue weighted by Gasteiger charge is -2.18. The second-order valence-electron chi connectivity index (χ2n) is 7.84. The Morgan fingerprint density at radius 2 is 1.75 bits per heavy atom. The molecule has 2 aliphatic carbocycles. The number of hydrogen-bond acceptors (Lipinski definition) is 6. The maximum atomic E-state index is 12.7. The predicted octanol–water partition coefficient (Wildman–Crippen LogP) is 2.86. The molecule has 0 unspecified atom stereocenters. The first-order valence-corrected chi connectivity index (χ1v) is 11.7. The Labute approximate surface area is 168 Å². The van der Waals surface area contributed by atoms with Gasteiger partial charge in [0, 0.05) is 5.69 Å². The molecule has 1 aromatic heterocycles. The summed E-state index contributed by atoms with van der Waals surface area (Å²) in [6.45, 7) is 2.91. The van der Waals surface area contributed by atoms with Gasteiger partial charge in [0.05, 0.1) is 5.51 Å². The number of nitrogens with zero attached hydrogens (tertiary/aromatic N) is 1. The molecule has 0 atom stereocenters. The average Bonchev–Trinajstić information content (AvgIpc) is 3.33. The molecule has 4 rings (SSSR count). The zero-order valence-electron chi connectivity index (χ0n) is 15.8. The molecule has 2 aromatic rings. The SMILES string of the molecule is CC(C)(O)c1ncsc1S(=O)(=O)NC(=O)Nc1c2c(cc3c1CCC3)CCC2. The molecular formula is C19H23N3O4S2. The van der Waals surface area contributed by atoms with Crippen LogP contribution in [-0.4, -0.2) is 24.5 Å². The number of carbonyl (C=O) groups is 1. The first-order valence-electron chi connectivity index (χ1n) is 9.33. The van der Waals surface area contributed by atoms with Crippen molar-refractivity contribution in [3.05, 3.63) is 39.5 Å². The van der Waals surface area contributed by atoms with Crippen molar-refractivity contribution in [1.82, 2.24) is 9.71 Å². The van der Waals surface area contributed by atoms with Gasteiger partial charge >= 0.3 is 6.03 Å². The van der Waals surface area contributed by atoms with Gasteiger partial charge in [0.25, 0.3) is 10.0 Å². The van der Waals surface area contributed by atoms with Crippen LogP contribution < -0.4 is 10.0 Å². The van der Waals surface area contributed by atoms with Crippen LogP contribution in [0.4, 0.5) is 10.5 Å². The molecule has 0 aliphatic heterocycles. The minimum Gasteiger partial charge on any atom is -0.384 e. The number of amides is 2. The van der Waals surface area contributed by atoms with E-state index in [1.807, 2.05) is 0 Å². The molecule has 2 amide bonds. The second kappa shape index (κ2) is 6.82. The number of carbonyl (C=O) groups excluding carboxylic acids is 1. The topological polar surface area (TPSA) is 108 Å². The van der Waals surface area contributed by atoms with Crippen molar-refractivity contribution in [2.24, 2.45) is 0 Å². The van der Waals surface area contributed by atoms with E-state index in [9.17, 15) is 18.3 Å². The molecule has 0 fully saturated rings. The highest BCUT2D eigenvalue weighted by molar-refractivity contribution is 7.92. The summed E-state index contributed by atoms with van der Waals surface area (Å²) in [5.74, 6) is 0. The molecule has 0 spiro atoms. The van der Waals surface area contributed by atoms with E-state index >= 15 is 0 Å². The van der Waals surface area contributed by atoms with Crippen LogP contribution in [0.2, 0.25) is 0 Å². The van der Waals surface area contributed by atoms with Crippen molar-refractivity contribution in [3.8, 4) is 0 Å². The summed E-state index contributed by atoms with van der Waals surface area (Å²) < 4.78 is 27.4. The van der Waals surface area contributed by atoms with E-state index in [-0.39, 0.29) is 9.90 Å². The zero-order chi connectivity index (χ0) is 20.1. The van der Waals surface area contributed by atoms with Crippen LogP contribution >= 0.6 is 11.3 Å². The Hall–Kier alpha value is -1.97. The van der Waals surface area contributed by atoms with Crippen molar-refractivity contribution in [3.63, 3.8) is 0 Å². The molecule has 3 N–H and O–H groups in total. The van der Waals surface area contributed by atoms with E-state index in [0.29, 0.717) is 0 Å². The van der Waals surface area contributed by atoms with Crippen molar-refractivity contribution in [2.45, 2.75) is 62.2 Å². The Bertz CT molecular complexity index is 1020. The zero-order valence-corrected chi connectivity index (χ0v) is 17.5. The Balaban J connectivity index is 1.61. The van der Waals surface area contributed by atoms with Crippen molar-refractivity contribution in [2.75, 3.05) is 5.32 Å². The molecule has 2 aliphatic rings. The van der Waals surface area contributed by atoms with Gasteiger partial charge in [-0.15, -0.1) is 11.3 Å². The molecule has 28 heavy (non-hydrogen) atoms. The predicted molar refractivity (Wildman–Crippen MR) is 107 cm³/mol. The van der Waals surface area contributed by atoms with Crippen molar-refractivity contribution in [1.29, 1.82) is 0 Å². The first-order chi connectivity index (χ1) is 13.2. The number of hydrogen-bond donors (Lipinski definition) is 3. The minimum absolute atomic E-state index is 0.0271. The molecule has 1 aromatic carbocycles. The van der Waals surface area contributed by atoms with Gasteiger partial charge in [-0.05, 0) is 74.6 Å². The number of rotatable bonds is 4. The van der Waals surface area contributed by atoms with E-state index in [0.717, 1.165) is 66.7 Å². The fourth-order valence-electron chi connectivity index (χ4n) is 4.11. The molecule has 1 heterocycles. The molecule has 0 radical (unpaired) electrons. The Morgan fingerprint density at radius 1 is 1.14 bits per heavy atom. The molecule has 150 valence electrons. The van der Waals surface area contributed by atoms with E-state index in [1.165, 1.54) is 30.5 Å². The van der Waals surface area contributed by atoms with Gasteiger partial charge in [0.2, 0.25) is 0 Å². The Kier molecular flexibility index (Phi) is 4.71. The molecule has 0 saturated heterocycles. The normalized spacial score (nSPS) is 16.0. The number of sulfonamides is 1. The van der Waals surface area contributed by atoms with Gasteiger partial charge in [-0.1, -0.05) is 6.07 Å². The van der Waals surface area contributed by atoms with Gasteiger partial charge in [0.15, 0.2) is 4.21 Å². The van der Waals surface area contributed by atoms with Crippen LogP contribution in [0, 0.1) is 0 Å². The standard InChI is InChI=1S/C19H23N3O4S2/c1-19(2,24)16-17(27-10-20-16)28(25,26)22-18(23)21-15-13-7-3-5-11(13)9-12-6-4-8-14(12)15/h9-10,24H,3-8H2,1-2H3,(H2,21,22,23). The van der Waals surface area contributed by atoms with Crippen LogP contribution in [0.25, 0.3) is 0 Å². The Morgan fingerprint density at radius 3 is 2.32 bits per heavy atom. The third kappa shape index (κ3) is 3.42. The second-order valence-corrected chi connectivity index (χ2v) is 10.6. The summed E-state index contributed by atoms with van der Waals surface area (Å²) in [5, 5.41) is 13.0. The maximum Gasteiger partial charge on any atom is 0.333 e. The average molecular weight is 422 g/mol. The van der Waals surface area contributed by atoms with E-state index in [4.69, 9.17) is 0 Å². The number of aliphatic hydroxyl groups is 1. The highest BCUT2D eigenvalue weighted by Crippen LogP contribution is 2.38. The van der Waals surface area contributed by atoms with Gasteiger partial charge in [-0.3, -0.25) is 0 Å². The fourth-order valence-corrected chi connectivity index (χ4v) is 6.48. The van der Waals surface area contributed by atoms with Gasteiger partial charge in [-0.25, -0.2) is 22.9 Å². The summed E-state index contributed by atoms with van der Waals surface area (Å²) in [6.07, 6.45) is 5.86. The summed E-state index contributed by atoms with van der Waals surface area (Å²) in [4.78, 5) is 16.6. The maximum absolute atomic E-state index is 12.7. The minimum atomic E-state index is -4.14. The fraction of sp³-hybridized carbons (Fsp3) is 0.474. The number of aryl methyl sites for hydroxylation is 2. The highest BCUT2D eigenvalue weighted by Gasteiger charge is 2.32. The quantitative estimate of drug-likeness (QED) is 0.703. The number of benzene rings is 1. The van der Waals surface area contributed by atoms with Crippen molar-refractivity contribution >= 4 is 33.1 Å². The molecular weight excluding hydrogens is 398 g/mol. The lowest BCUT2D eigenvalue weighted by atomic mass is 9.99. The molecule has 0 saturated carbocycles.